The SMILES string of the molecule is CCC(CC)c1cc(CNC(=O)Cc2ccccc2O)on1. The molecular weight excluding hydrogens is 280 g/mol. The second-order valence-corrected chi connectivity index (χ2v) is 5.31. The van der Waals surface area contributed by atoms with E-state index in [0.29, 0.717) is 23.8 Å². The summed E-state index contributed by atoms with van der Waals surface area (Å²) in [5.74, 6) is 1.01. The van der Waals surface area contributed by atoms with Crippen LogP contribution in [-0.2, 0) is 17.8 Å². The van der Waals surface area contributed by atoms with E-state index in [4.69, 9.17) is 4.52 Å². The van der Waals surface area contributed by atoms with Crippen molar-refractivity contribution >= 4 is 5.91 Å². The first kappa shape index (κ1) is 16.1. The molecule has 5 nitrogen and oxygen atoms in total. The maximum absolute atomic E-state index is 11.9. The average Bonchev–Trinajstić information content (AvgIpc) is 2.98. The number of carbonyl (C=O) groups excluding carboxylic acids is 1. The number of rotatable bonds is 7. The van der Waals surface area contributed by atoms with E-state index in [1.165, 1.54) is 0 Å². The van der Waals surface area contributed by atoms with Crippen LogP contribution in [0.25, 0.3) is 0 Å². The molecule has 0 bridgehead atoms. The van der Waals surface area contributed by atoms with Gasteiger partial charge < -0.3 is 14.9 Å². The Hall–Kier alpha value is -2.30. The van der Waals surface area contributed by atoms with E-state index in [0.717, 1.165) is 18.5 Å². The summed E-state index contributed by atoms with van der Waals surface area (Å²) in [4.78, 5) is 11.9. The normalized spacial score (nSPS) is 10.9. The monoisotopic (exact) mass is 302 g/mol. The molecule has 5 heteroatoms. The van der Waals surface area contributed by atoms with Crippen LogP contribution in [-0.4, -0.2) is 16.2 Å². The standard InChI is InChI=1S/C17H22N2O3/c1-3-12(4-2)15-10-14(22-19-15)11-18-17(21)9-13-7-5-6-8-16(13)20/h5-8,10,12,20H,3-4,9,11H2,1-2H3,(H,18,21). The first-order chi connectivity index (χ1) is 10.6. The molecule has 0 spiro atoms. The fraction of sp³-hybridized carbons (Fsp3) is 0.412. The zero-order valence-corrected chi connectivity index (χ0v) is 13.0. The zero-order chi connectivity index (χ0) is 15.9. The molecule has 2 rings (SSSR count). The van der Waals surface area contributed by atoms with E-state index >= 15 is 0 Å². The molecule has 118 valence electrons. The minimum absolute atomic E-state index is 0.133. The van der Waals surface area contributed by atoms with E-state index in [2.05, 4.69) is 24.3 Å². The molecule has 0 unspecified atom stereocenters. The Bertz CT molecular complexity index is 618. The van der Waals surface area contributed by atoms with E-state index in [1.807, 2.05) is 6.07 Å². The van der Waals surface area contributed by atoms with Crippen molar-refractivity contribution in [2.24, 2.45) is 0 Å². The van der Waals surface area contributed by atoms with Crippen molar-refractivity contribution in [2.45, 2.75) is 45.6 Å². The molecule has 2 aromatic rings. The third kappa shape index (κ3) is 4.10. The molecule has 0 radical (unpaired) electrons. The molecule has 0 aliphatic rings. The van der Waals surface area contributed by atoms with Gasteiger partial charge in [0.2, 0.25) is 5.91 Å². The van der Waals surface area contributed by atoms with Gasteiger partial charge in [-0.15, -0.1) is 0 Å². The Morgan fingerprint density at radius 2 is 2.05 bits per heavy atom. The first-order valence-electron chi connectivity index (χ1n) is 7.63. The predicted octanol–water partition coefficient (Wildman–Crippen LogP) is 3.14. The molecule has 1 aromatic carbocycles. The Morgan fingerprint density at radius 1 is 1.32 bits per heavy atom. The fourth-order valence-corrected chi connectivity index (χ4v) is 2.39. The van der Waals surface area contributed by atoms with Crippen molar-refractivity contribution < 1.29 is 14.4 Å². The summed E-state index contributed by atoms with van der Waals surface area (Å²) < 4.78 is 5.26. The highest BCUT2D eigenvalue weighted by atomic mass is 16.5. The van der Waals surface area contributed by atoms with Crippen LogP contribution in [0, 0.1) is 0 Å². The van der Waals surface area contributed by atoms with Crippen LogP contribution in [0.3, 0.4) is 0 Å². The predicted molar refractivity (Wildman–Crippen MR) is 83.5 cm³/mol. The highest BCUT2D eigenvalue weighted by Crippen LogP contribution is 2.22. The van der Waals surface area contributed by atoms with Crippen molar-refractivity contribution in [1.82, 2.24) is 10.5 Å². The maximum atomic E-state index is 11.9. The Labute approximate surface area is 130 Å². The summed E-state index contributed by atoms with van der Waals surface area (Å²) in [5, 5.41) is 16.5. The maximum Gasteiger partial charge on any atom is 0.224 e. The number of amides is 1. The van der Waals surface area contributed by atoms with Crippen molar-refractivity contribution in [2.75, 3.05) is 0 Å². The van der Waals surface area contributed by atoms with Crippen LogP contribution in [0.15, 0.2) is 34.9 Å². The Kier molecular flexibility index (Phi) is 5.58. The van der Waals surface area contributed by atoms with E-state index in [1.54, 1.807) is 24.3 Å². The van der Waals surface area contributed by atoms with Crippen molar-refractivity contribution in [3.05, 3.63) is 47.3 Å². The van der Waals surface area contributed by atoms with Crippen LogP contribution < -0.4 is 5.32 Å². The van der Waals surface area contributed by atoms with E-state index in [9.17, 15) is 9.90 Å². The summed E-state index contributed by atoms with van der Waals surface area (Å²) in [6.45, 7) is 4.55. The minimum Gasteiger partial charge on any atom is -0.508 e. The third-order valence-electron chi connectivity index (χ3n) is 3.78. The number of phenolic OH excluding ortho intramolecular Hbond substituents is 1. The summed E-state index contributed by atoms with van der Waals surface area (Å²) in [5.41, 5.74) is 1.55. The van der Waals surface area contributed by atoms with Gasteiger partial charge in [0.25, 0.3) is 0 Å². The van der Waals surface area contributed by atoms with Gasteiger partial charge in [-0.1, -0.05) is 37.2 Å². The minimum atomic E-state index is -0.165. The van der Waals surface area contributed by atoms with Crippen molar-refractivity contribution in [3.8, 4) is 5.75 Å². The van der Waals surface area contributed by atoms with Gasteiger partial charge in [-0.3, -0.25) is 4.79 Å². The molecule has 0 atom stereocenters. The summed E-state index contributed by atoms with van der Waals surface area (Å²) in [6, 6.07) is 8.72. The quantitative estimate of drug-likeness (QED) is 0.824. The van der Waals surface area contributed by atoms with Gasteiger partial charge in [-0.2, -0.15) is 0 Å². The van der Waals surface area contributed by atoms with Gasteiger partial charge in [0.15, 0.2) is 5.76 Å². The molecule has 2 N–H and O–H groups in total. The number of nitrogens with zero attached hydrogens (tertiary/aromatic N) is 1. The fourth-order valence-electron chi connectivity index (χ4n) is 2.39. The Morgan fingerprint density at radius 3 is 2.73 bits per heavy atom. The molecule has 1 heterocycles. The largest absolute Gasteiger partial charge is 0.508 e. The second-order valence-electron chi connectivity index (χ2n) is 5.31. The third-order valence-corrected chi connectivity index (χ3v) is 3.78. The average molecular weight is 302 g/mol. The number of hydrogen-bond donors (Lipinski definition) is 2. The first-order valence-corrected chi connectivity index (χ1v) is 7.63. The van der Waals surface area contributed by atoms with Gasteiger partial charge in [0.1, 0.15) is 5.75 Å². The zero-order valence-electron chi connectivity index (χ0n) is 13.0. The lowest BCUT2D eigenvalue weighted by Crippen LogP contribution is -2.24. The molecular formula is C17H22N2O3. The lowest BCUT2D eigenvalue weighted by atomic mass is 9.99. The van der Waals surface area contributed by atoms with Crippen molar-refractivity contribution in [1.29, 1.82) is 0 Å². The summed E-state index contributed by atoms with van der Waals surface area (Å²) >= 11 is 0. The molecule has 0 saturated carbocycles. The van der Waals surface area contributed by atoms with Gasteiger partial charge >= 0.3 is 0 Å². The molecule has 0 fully saturated rings. The lowest BCUT2D eigenvalue weighted by Gasteiger charge is -2.06. The number of phenols is 1. The smallest absolute Gasteiger partial charge is 0.224 e. The van der Waals surface area contributed by atoms with Gasteiger partial charge in [-0.05, 0) is 18.9 Å². The molecule has 0 aliphatic heterocycles. The van der Waals surface area contributed by atoms with Crippen LogP contribution >= 0.6 is 0 Å². The number of carbonyl (C=O) groups is 1. The number of aromatic hydroxyl groups is 1. The molecule has 1 aromatic heterocycles. The van der Waals surface area contributed by atoms with Gasteiger partial charge in [-0.25, -0.2) is 0 Å². The van der Waals surface area contributed by atoms with E-state index in [-0.39, 0.29) is 18.1 Å². The molecule has 22 heavy (non-hydrogen) atoms. The summed E-state index contributed by atoms with van der Waals surface area (Å²) in [6.07, 6.45) is 2.17. The highest BCUT2D eigenvalue weighted by molar-refractivity contribution is 5.79. The number of para-hydroxylation sites is 1. The van der Waals surface area contributed by atoms with Crippen LogP contribution in [0.1, 0.15) is 49.6 Å². The molecule has 0 saturated heterocycles. The Balaban J connectivity index is 1.88. The topological polar surface area (TPSA) is 75.4 Å². The number of hydrogen-bond acceptors (Lipinski definition) is 4. The highest BCUT2D eigenvalue weighted by Gasteiger charge is 2.13. The lowest BCUT2D eigenvalue weighted by molar-refractivity contribution is -0.120. The number of aromatic nitrogens is 1. The number of nitrogens with one attached hydrogen (secondary N) is 1. The molecule has 1 amide bonds. The van der Waals surface area contributed by atoms with Crippen LogP contribution in [0.4, 0.5) is 0 Å². The number of benzene rings is 1. The molecule has 0 aliphatic carbocycles. The van der Waals surface area contributed by atoms with Crippen LogP contribution in [0.2, 0.25) is 0 Å². The second kappa shape index (κ2) is 7.64. The van der Waals surface area contributed by atoms with E-state index < -0.39 is 0 Å². The summed E-state index contributed by atoms with van der Waals surface area (Å²) in [7, 11) is 0. The van der Waals surface area contributed by atoms with Gasteiger partial charge in [0, 0.05) is 17.5 Å². The van der Waals surface area contributed by atoms with Crippen LogP contribution in [0.5, 0.6) is 5.75 Å². The van der Waals surface area contributed by atoms with Gasteiger partial charge in [0.05, 0.1) is 18.7 Å². The van der Waals surface area contributed by atoms with Crippen molar-refractivity contribution in [3.63, 3.8) is 0 Å².